The summed E-state index contributed by atoms with van der Waals surface area (Å²) >= 11 is 3.43. The molecule has 1 unspecified atom stereocenters. The summed E-state index contributed by atoms with van der Waals surface area (Å²) < 4.78 is 6.47. The predicted octanol–water partition coefficient (Wildman–Crippen LogP) is 1.77. The van der Waals surface area contributed by atoms with Crippen molar-refractivity contribution in [3.05, 3.63) is 29.9 Å². The van der Waals surface area contributed by atoms with Gasteiger partial charge in [-0.15, -0.1) is 5.10 Å². The van der Waals surface area contributed by atoms with Crippen molar-refractivity contribution in [2.45, 2.75) is 18.3 Å². The minimum atomic E-state index is 0.221. The minimum Gasteiger partial charge on any atom is -0.364 e. The standard InChI is InChI=1S/C8H9BrN4O/c1-6(9)8-4-13(12-11-8)3-7-2-10-14-5-7/h2,4-6H,3H2,1H3. The Morgan fingerprint density at radius 3 is 3.07 bits per heavy atom. The van der Waals surface area contributed by atoms with Crippen molar-refractivity contribution in [3.8, 4) is 0 Å². The Labute approximate surface area is 89.2 Å². The molecular weight excluding hydrogens is 248 g/mol. The van der Waals surface area contributed by atoms with Gasteiger partial charge in [-0.25, -0.2) is 4.68 Å². The van der Waals surface area contributed by atoms with E-state index < -0.39 is 0 Å². The lowest BCUT2D eigenvalue weighted by molar-refractivity contribution is 0.418. The SMILES string of the molecule is CC(Br)c1cn(Cc2cnoc2)nn1. The second-order valence-electron chi connectivity index (χ2n) is 2.99. The Morgan fingerprint density at radius 1 is 1.64 bits per heavy atom. The molecular formula is C8H9BrN4O. The first-order valence-electron chi connectivity index (χ1n) is 4.18. The molecule has 0 aromatic carbocycles. The van der Waals surface area contributed by atoms with E-state index in [1.54, 1.807) is 17.1 Å². The van der Waals surface area contributed by atoms with Gasteiger partial charge in [0, 0.05) is 11.8 Å². The molecule has 5 nitrogen and oxygen atoms in total. The van der Waals surface area contributed by atoms with Crippen LogP contribution in [0.1, 0.15) is 23.0 Å². The fourth-order valence-corrected chi connectivity index (χ4v) is 1.27. The molecule has 2 aromatic rings. The number of rotatable bonds is 3. The Kier molecular flexibility index (Phi) is 2.62. The quantitative estimate of drug-likeness (QED) is 0.786. The summed E-state index contributed by atoms with van der Waals surface area (Å²) in [6.45, 7) is 2.64. The van der Waals surface area contributed by atoms with Crippen LogP contribution in [0.15, 0.2) is 23.2 Å². The van der Waals surface area contributed by atoms with E-state index in [0.29, 0.717) is 6.54 Å². The summed E-state index contributed by atoms with van der Waals surface area (Å²) in [4.78, 5) is 0.221. The van der Waals surface area contributed by atoms with Gasteiger partial charge >= 0.3 is 0 Å². The number of halogens is 1. The van der Waals surface area contributed by atoms with Crippen LogP contribution in [-0.4, -0.2) is 20.2 Å². The van der Waals surface area contributed by atoms with E-state index in [4.69, 9.17) is 4.52 Å². The van der Waals surface area contributed by atoms with E-state index in [0.717, 1.165) is 11.3 Å². The van der Waals surface area contributed by atoms with Gasteiger partial charge in [0.2, 0.25) is 0 Å². The summed E-state index contributed by atoms with van der Waals surface area (Å²) in [6, 6.07) is 0. The molecule has 0 saturated heterocycles. The van der Waals surface area contributed by atoms with Crippen molar-refractivity contribution >= 4 is 15.9 Å². The van der Waals surface area contributed by atoms with Gasteiger partial charge < -0.3 is 4.52 Å². The van der Waals surface area contributed by atoms with Crippen molar-refractivity contribution in [1.29, 1.82) is 0 Å². The van der Waals surface area contributed by atoms with Gasteiger partial charge in [-0.2, -0.15) is 0 Å². The topological polar surface area (TPSA) is 56.7 Å². The molecule has 2 rings (SSSR count). The summed E-state index contributed by atoms with van der Waals surface area (Å²) in [5, 5.41) is 11.6. The van der Waals surface area contributed by atoms with Gasteiger partial charge in [0.15, 0.2) is 0 Å². The highest BCUT2D eigenvalue weighted by Crippen LogP contribution is 2.18. The van der Waals surface area contributed by atoms with Crippen LogP contribution in [0, 0.1) is 0 Å². The maximum absolute atomic E-state index is 4.72. The minimum absolute atomic E-state index is 0.221. The van der Waals surface area contributed by atoms with Gasteiger partial charge in [-0.1, -0.05) is 26.3 Å². The van der Waals surface area contributed by atoms with E-state index in [1.165, 1.54) is 0 Å². The molecule has 0 fully saturated rings. The largest absolute Gasteiger partial charge is 0.364 e. The average Bonchev–Trinajstić information content (AvgIpc) is 2.75. The number of hydrogen-bond donors (Lipinski definition) is 0. The molecule has 0 spiro atoms. The molecule has 0 aliphatic rings. The first-order chi connectivity index (χ1) is 6.75. The van der Waals surface area contributed by atoms with Crippen LogP contribution in [0.4, 0.5) is 0 Å². The van der Waals surface area contributed by atoms with Gasteiger partial charge in [0.1, 0.15) is 6.26 Å². The van der Waals surface area contributed by atoms with Gasteiger partial charge in [0.25, 0.3) is 0 Å². The molecule has 0 bridgehead atoms. The third-order valence-corrected chi connectivity index (χ3v) is 2.26. The zero-order chi connectivity index (χ0) is 9.97. The molecule has 74 valence electrons. The van der Waals surface area contributed by atoms with Crippen molar-refractivity contribution in [2.75, 3.05) is 0 Å². The van der Waals surface area contributed by atoms with E-state index in [-0.39, 0.29) is 4.83 Å². The third kappa shape index (κ3) is 2.01. The molecule has 1 atom stereocenters. The number of hydrogen-bond acceptors (Lipinski definition) is 4. The smallest absolute Gasteiger partial charge is 0.128 e. The molecule has 0 saturated carbocycles. The fourth-order valence-electron chi connectivity index (χ4n) is 1.06. The molecule has 0 aliphatic heterocycles. The lowest BCUT2D eigenvalue weighted by Gasteiger charge is -1.95. The zero-order valence-corrected chi connectivity index (χ0v) is 9.18. The number of alkyl halides is 1. The lowest BCUT2D eigenvalue weighted by atomic mass is 10.3. The molecule has 0 amide bonds. The molecule has 0 N–H and O–H groups in total. The normalized spacial score (nSPS) is 13.0. The molecule has 2 aromatic heterocycles. The van der Waals surface area contributed by atoms with Crippen LogP contribution in [-0.2, 0) is 6.54 Å². The first-order valence-corrected chi connectivity index (χ1v) is 5.09. The Morgan fingerprint density at radius 2 is 2.50 bits per heavy atom. The summed E-state index contributed by atoms with van der Waals surface area (Å²) in [5.74, 6) is 0. The highest BCUT2D eigenvalue weighted by atomic mass is 79.9. The Hall–Kier alpha value is -1.17. The van der Waals surface area contributed by atoms with Crippen LogP contribution in [0.25, 0.3) is 0 Å². The van der Waals surface area contributed by atoms with Crippen LogP contribution >= 0.6 is 15.9 Å². The average molecular weight is 257 g/mol. The molecule has 14 heavy (non-hydrogen) atoms. The summed E-state index contributed by atoms with van der Waals surface area (Å²) in [6.07, 6.45) is 5.16. The van der Waals surface area contributed by atoms with Crippen LogP contribution in [0.2, 0.25) is 0 Å². The van der Waals surface area contributed by atoms with Crippen molar-refractivity contribution in [3.63, 3.8) is 0 Å². The predicted molar refractivity (Wildman–Crippen MR) is 53.0 cm³/mol. The van der Waals surface area contributed by atoms with Crippen molar-refractivity contribution < 1.29 is 4.52 Å². The Bertz CT molecular complexity index is 395. The number of aromatic nitrogens is 4. The van der Waals surface area contributed by atoms with Gasteiger partial charge in [-0.05, 0) is 6.92 Å². The molecule has 2 heterocycles. The van der Waals surface area contributed by atoms with Crippen LogP contribution in [0.5, 0.6) is 0 Å². The maximum Gasteiger partial charge on any atom is 0.128 e. The fraction of sp³-hybridized carbons (Fsp3) is 0.375. The second kappa shape index (κ2) is 3.91. The van der Waals surface area contributed by atoms with E-state index in [9.17, 15) is 0 Å². The summed E-state index contributed by atoms with van der Waals surface area (Å²) in [7, 11) is 0. The zero-order valence-electron chi connectivity index (χ0n) is 7.59. The lowest BCUT2D eigenvalue weighted by Crippen LogP contribution is -1.98. The molecule has 6 heteroatoms. The highest BCUT2D eigenvalue weighted by molar-refractivity contribution is 9.09. The van der Waals surface area contributed by atoms with Crippen LogP contribution in [0.3, 0.4) is 0 Å². The highest BCUT2D eigenvalue weighted by Gasteiger charge is 2.06. The maximum atomic E-state index is 4.72. The first kappa shape index (κ1) is 9.39. The van der Waals surface area contributed by atoms with Crippen molar-refractivity contribution in [1.82, 2.24) is 20.2 Å². The Balaban J connectivity index is 2.11. The van der Waals surface area contributed by atoms with E-state index >= 15 is 0 Å². The number of nitrogens with zero attached hydrogens (tertiary/aromatic N) is 4. The van der Waals surface area contributed by atoms with Gasteiger partial charge in [0.05, 0.1) is 23.3 Å². The summed E-state index contributed by atoms with van der Waals surface area (Å²) in [5.41, 5.74) is 1.89. The molecule has 0 aliphatic carbocycles. The van der Waals surface area contributed by atoms with Crippen molar-refractivity contribution in [2.24, 2.45) is 0 Å². The monoisotopic (exact) mass is 256 g/mol. The van der Waals surface area contributed by atoms with Crippen LogP contribution < -0.4 is 0 Å². The third-order valence-electron chi connectivity index (χ3n) is 1.79. The second-order valence-corrected chi connectivity index (χ2v) is 4.36. The van der Waals surface area contributed by atoms with E-state index in [2.05, 4.69) is 31.4 Å². The van der Waals surface area contributed by atoms with E-state index in [1.807, 2.05) is 13.1 Å². The van der Waals surface area contributed by atoms with Gasteiger partial charge in [-0.3, -0.25) is 0 Å². The molecule has 0 radical (unpaired) electrons.